The summed E-state index contributed by atoms with van der Waals surface area (Å²) in [5.41, 5.74) is 1.84. The Labute approximate surface area is 211 Å². The van der Waals surface area contributed by atoms with Crippen molar-refractivity contribution in [1.82, 2.24) is 0 Å². The van der Waals surface area contributed by atoms with Gasteiger partial charge in [-0.1, -0.05) is 6.08 Å². The number of carbonyl (C=O) groups is 2. The number of ketones is 1. The zero-order valence-electron chi connectivity index (χ0n) is 20.6. The summed E-state index contributed by atoms with van der Waals surface area (Å²) < 4.78 is 45.4. The lowest BCUT2D eigenvalue weighted by molar-refractivity contribution is 0.0483. The van der Waals surface area contributed by atoms with Gasteiger partial charge in [0.15, 0.2) is 5.78 Å². The molecule has 1 saturated heterocycles. The highest BCUT2D eigenvalue weighted by Gasteiger charge is 2.36. The number of benzene rings is 2. The van der Waals surface area contributed by atoms with Gasteiger partial charge in [-0.15, -0.1) is 6.58 Å². The predicted octanol–water partition coefficient (Wildman–Crippen LogP) is 4.18. The summed E-state index contributed by atoms with van der Waals surface area (Å²) in [7, 11) is -2.85. The van der Waals surface area contributed by atoms with E-state index in [2.05, 4.69) is 6.58 Å². The van der Waals surface area contributed by atoms with Crippen LogP contribution in [0.15, 0.2) is 53.9 Å². The minimum Gasteiger partial charge on any atom is -0.492 e. The molecule has 4 rings (SSSR count). The quantitative estimate of drug-likeness (QED) is 0.297. The number of nitrogens with zero attached hydrogens (tertiary/aromatic N) is 1. The Hall–Kier alpha value is -3.17. The van der Waals surface area contributed by atoms with Crippen LogP contribution >= 0.6 is 0 Å². The van der Waals surface area contributed by atoms with Gasteiger partial charge in [0.25, 0.3) is 10.0 Å². The molecule has 8 nitrogen and oxygen atoms in total. The summed E-state index contributed by atoms with van der Waals surface area (Å²) in [4.78, 5) is 24.4. The van der Waals surface area contributed by atoms with Crippen LogP contribution in [0.2, 0.25) is 0 Å². The first kappa shape index (κ1) is 25.9. The second-order valence-electron chi connectivity index (χ2n) is 9.06. The lowest BCUT2D eigenvalue weighted by atomic mass is 9.95. The molecule has 36 heavy (non-hydrogen) atoms. The zero-order chi connectivity index (χ0) is 25.9. The molecule has 0 radical (unpaired) electrons. The Morgan fingerprint density at radius 2 is 1.89 bits per heavy atom. The third-order valence-corrected chi connectivity index (χ3v) is 8.57. The van der Waals surface area contributed by atoms with Crippen molar-refractivity contribution in [3.8, 4) is 5.75 Å². The highest BCUT2D eigenvalue weighted by molar-refractivity contribution is 7.92. The smallest absolute Gasteiger partial charge is 0.341 e. The Balaban J connectivity index is 1.71. The summed E-state index contributed by atoms with van der Waals surface area (Å²) in [5, 5.41) is 0. The molecule has 192 valence electrons. The molecule has 9 heteroatoms. The maximum absolute atomic E-state index is 13.9. The van der Waals surface area contributed by atoms with Gasteiger partial charge in [-0.2, -0.15) is 0 Å². The van der Waals surface area contributed by atoms with E-state index in [1.807, 2.05) is 0 Å². The van der Waals surface area contributed by atoms with Crippen LogP contribution in [0, 0.1) is 5.92 Å². The normalized spacial score (nSPS) is 18.3. The monoisotopic (exact) mass is 513 g/mol. The third kappa shape index (κ3) is 5.17. The topological polar surface area (TPSA) is 99.2 Å². The molecule has 1 atom stereocenters. The Kier molecular flexibility index (Phi) is 7.80. The van der Waals surface area contributed by atoms with Crippen LogP contribution in [0.3, 0.4) is 0 Å². The van der Waals surface area contributed by atoms with Gasteiger partial charge >= 0.3 is 5.97 Å². The summed E-state index contributed by atoms with van der Waals surface area (Å²) >= 11 is 0. The van der Waals surface area contributed by atoms with Gasteiger partial charge in [0, 0.05) is 18.8 Å². The number of hydrogen-bond donors (Lipinski definition) is 0. The molecule has 0 N–H and O–H groups in total. The first-order chi connectivity index (χ1) is 17.3. The maximum atomic E-state index is 13.9. The fourth-order valence-corrected chi connectivity index (χ4v) is 6.36. The molecule has 2 aromatic carbocycles. The van der Waals surface area contributed by atoms with Gasteiger partial charge in [-0.3, -0.25) is 9.10 Å². The van der Waals surface area contributed by atoms with Crippen molar-refractivity contribution >= 4 is 27.5 Å². The average Bonchev–Trinajstić information content (AvgIpc) is 2.90. The molecule has 2 aliphatic rings. The fourth-order valence-electron chi connectivity index (χ4n) is 4.64. The predicted molar refractivity (Wildman–Crippen MR) is 135 cm³/mol. The van der Waals surface area contributed by atoms with Crippen molar-refractivity contribution in [2.45, 2.75) is 43.5 Å². The van der Waals surface area contributed by atoms with E-state index in [9.17, 15) is 18.0 Å². The highest BCUT2D eigenvalue weighted by atomic mass is 32.2. The number of aryl methyl sites for hydroxylation is 1. The number of Topliss-reactive ketones (excluding diaryl/α,β-unsaturated/α-hetero) is 1. The van der Waals surface area contributed by atoms with Crippen LogP contribution in [0.5, 0.6) is 5.75 Å². The number of carbonyl (C=O) groups excluding carboxylic acids is 2. The number of fused-ring (bicyclic) bond motifs is 1. The standard InChI is InChI=1S/C27H31NO7S/c1-4-22-7-5-21-15-20(18(2)29)6-9-25(21)28(22)36(31,32)23-8-10-26(24(16-23)27(30)33-3)35-17-19-11-13-34-14-12-19/h4,6,8-10,15-16,19,22H,1,5,7,11-14,17H2,2-3H3/t22-/m0/s1. The number of methoxy groups -OCH3 is 1. The van der Waals surface area contributed by atoms with Gasteiger partial charge in [-0.05, 0) is 80.5 Å². The van der Waals surface area contributed by atoms with E-state index >= 15 is 0 Å². The van der Waals surface area contributed by atoms with E-state index in [4.69, 9.17) is 14.2 Å². The molecule has 0 saturated carbocycles. The summed E-state index contributed by atoms with van der Waals surface area (Å²) in [6.07, 6.45) is 4.47. The van der Waals surface area contributed by atoms with Crippen LogP contribution in [0.25, 0.3) is 0 Å². The van der Waals surface area contributed by atoms with Crippen molar-refractivity contribution in [2.75, 3.05) is 31.2 Å². The molecule has 0 bridgehead atoms. The second kappa shape index (κ2) is 10.8. The van der Waals surface area contributed by atoms with Crippen molar-refractivity contribution < 1.29 is 32.2 Å². The first-order valence-corrected chi connectivity index (χ1v) is 13.4. The average molecular weight is 514 g/mol. The molecule has 0 spiro atoms. The SMILES string of the molecule is C=C[C@H]1CCc2cc(C(C)=O)ccc2N1S(=O)(=O)c1ccc(OCC2CCOCC2)c(C(=O)OC)c1. The minimum atomic E-state index is -4.09. The van der Waals surface area contributed by atoms with Crippen LogP contribution in [-0.4, -0.2) is 53.1 Å². The van der Waals surface area contributed by atoms with Crippen LogP contribution < -0.4 is 9.04 Å². The summed E-state index contributed by atoms with van der Waals surface area (Å²) in [6.45, 7) is 7.06. The van der Waals surface area contributed by atoms with E-state index in [0.29, 0.717) is 49.8 Å². The number of esters is 1. The van der Waals surface area contributed by atoms with E-state index in [1.165, 1.54) is 36.5 Å². The lowest BCUT2D eigenvalue weighted by Gasteiger charge is -2.36. The molecule has 2 aliphatic heterocycles. The van der Waals surface area contributed by atoms with Crippen LogP contribution in [0.1, 0.15) is 52.5 Å². The largest absolute Gasteiger partial charge is 0.492 e. The second-order valence-corrected chi connectivity index (χ2v) is 10.9. The first-order valence-electron chi connectivity index (χ1n) is 12.0. The van der Waals surface area contributed by atoms with E-state index in [-0.39, 0.29) is 22.0 Å². The molecular formula is C27H31NO7S. The lowest BCUT2D eigenvalue weighted by Crippen LogP contribution is -2.42. The molecular weight excluding hydrogens is 482 g/mol. The van der Waals surface area contributed by atoms with Gasteiger partial charge in [-0.25, -0.2) is 13.2 Å². The maximum Gasteiger partial charge on any atom is 0.341 e. The van der Waals surface area contributed by atoms with E-state index in [1.54, 1.807) is 24.3 Å². The molecule has 0 amide bonds. The van der Waals surface area contributed by atoms with E-state index in [0.717, 1.165) is 18.4 Å². The fraction of sp³-hybridized carbons (Fsp3) is 0.407. The highest BCUT2D eigenvalue weighted by Crippen LogP contribution is 2.37. The number of ether oxygens (including phenoxy) is 3. The molecule has 0 unspecified atom stereocenters. The van der Waals surface area contributed by atoms with Gasteiger partial charge in [0.05, 0.1) is 30.3 Å². The molecule has 1 fully saturated rings. The molecule has 2 aromatic rings. The molecule has 0 aromatic heterocycles. The Morgan fingerprint density at radius 3 is 2.56 bits per heavy atom. The molecule has 2 heterocycles. The van der Waals surface area contributed by atoms with Gasteiger partial charge < -0.3 is 14.2 Å². The van der Waals surface area contributed by atoms with E-state index < -0.39 is 22.0 Å². The molecule has 0 aliphatic carbocycles. The van der Waals surface area contributed by atoms with Crippen molar-refractivity contribution in [3.05, 3.63) is 65.7 Å². The minimum absolute atomic E-state index is 0.0462. The number of anilines is 1. The van der Waals surface area contributed by atoms with Gasteiger partial charge in [0.2, 0.25) is 0 Å². The number of sulfonamides is 1. The number of hydrogen-bond acceptors (Lipinski definition) is 7. The summed E-state index contributed by atoms with van der Waals surface area (Å²) in [6, 6.07) is 8.81. The van der Waals surface area contributed by atoms with Crippen LogP contribution in [0.4, 0.5) is 5.69 Å². The number of rotatable bonds is 8. The van der Waals surface area contributed by atoms with Crippen LogP contribution in [-0.2, 0) is 25.9 Å². The van der Waals surface area contributed by atoms with Gasteiger partial charge in [0.1, 0.15) is 11.3 Å². The third-order valence-electron chi connectivity index (χ3n) is 6.73. The summed E-state index contributed by atoms with van der Waals surface area (Å²) in [5.74, 6) is -0.194. The van der Waals surface area contributed by atoms with Crippen molar-refractivity contribution in [3.63, 3.8) is 0 Å². The zero-order valence-corrected chi connectivity index (χ0v) is 21.4. The van der Waals surface area contributed by atoms with Crippen molar-refractivity contribution in [2.24, 2.45) is 5.92 Å². The Morgan fingerprint density at radius 1 is 1.14 bits per heavy atom. The Bertz CT molecular complexity index is 1260. The van der Waals surface area contributed by atoms with Crippen molar-refractivity contribution in [1.29, 1.82) is 0 Å².